The summed E-state index contributed by atoms with van der Waals surface area (Å²) >= 11 is 7.84. The van der Waals surface area contributed by atoms with E-state index in [0.717, 1.165) is 0 Å². The van der Waals surface area contributed by atoms with E-state index >= 15 is 0 Å². The molecule has 2 rings (SSSR count). The van der Waals surface area contributed by atoms with Gasteiger partial charge in [0, 0.05) is 18.8 Å². The summed E-state index contributed by atoms with van der Waals surface area (Å²) in [5.74, 6) is 11.0. The Morgan fingerprint density at radius 1 is 1.19 bits per heavy atom. The SMILES string of the molecule is CSC1(NN)CC(Cl)(NN)NC(C)(C)N1.c1cncnc1. The summed E-state index contributed by atoms with van der Waals surface area (Å²) in [6.07, 6.45) is 7.31. The molecule has 8 N–H and O–H groups in total. The molecule has 21 heavy (non-hydrogen) atoms. The molecule has 8 nitrogen and oxygen atoms in total. The van der Waals surface area contributed by atoms with Crippen molar-refractivity contribution in [3.8, 4) is 0 Å². The molecule has 1 aromatic heterocycles. The van der Waals surface area contributed by atoms with Gasteiger partial charge >= 0.3 is 0 Å². The van der Waals surface area contributed by atoms with Gasteiger partial charge in [0.15, 0.2) is 5.12 Å². The maximum atomic E-state index is 6.29. The van der Waals surface area contributed by atoms with E-state index in [4.69, 9.17) is 23.3 Å². The Morgan fingerprint density at radius 2 is 1.81 bits per heavy atom. The predicted molar refractivity (Wildman–Crippen MR) is 86.5 cm³/mol. The predicted octanol–water partition coefficient (Wildman–Crippen LogP) is -0.382. The summed E-state index contributed by atoms with van der Waals surface area (Å²) in [4.78, 5) is 6.84. The van der Waals surface area contributed by atoms with E-state index in [1.54, 1.807) is 30.2 Å². The molecule has 0 spiro atoms. The van der Waals surface area contributed by atoms with Gasteiger partial charge in [-0.3, -0.25) is 22.3 Å². The third-order valence-electron chi connectivity index (χ3n) is 2.81. The first-order chi connectivity index (χ1) is 9.80. The maximum absolute atomic E-state index is 6.29. The number of thioether (sulfide) groups is 1. The molecule has 0 bridgehead atoms. The standard InChI is InChI=1S/C7H19ClN6S.C4H4N2/c1-5(2)11-6(8,13-9)4-7(12-5,14-10)15-3;1-2-5-4-6-3-1/h11-14H,4,9-10H2,1-3H3;1-4H. The van der Waals surface area contributed by atoms with Crippen LogP contribution < -0.4 is 33.2 Å². The Balaban J connectivity index is 0.000000304. The van der Waals surface area contributed by atoms with E-state index in [1.165, 1.54) is 6.33 Å². The number of rotatable bonds is 3. The van der Waals surface area contributed by atoms with Crippen LogP contribution in [-0.4, -0.2) is 32.0 Å². The van der Waals surface area contributed by atoms with E-state index in [1.807, 2.05) is 20.1 Å². The van der Waals surface area contributed by atoms with E-state index in [0.29, 0.717) is 6.42 Å². The smallest absolute Gasteiger partial charge is 0.164 e. The minimum Gasteiger partial charge on any atom is -0.272 e. The van der Waals surface area contributed by atoms with Crippen molar-refractivity contribution < 1.29 is 0 Å². The number of hydrazine groups is 2. The van der Waals surface area contributed by atoms with Crippen molar-refractivity contribution in [3.63, 3.8) is 0 Å². The van der Waals surface area contributed by atoms with Crippen LogP contribution in [0.5, 0.6) is 0 Å². The van der Waals surface area contributed by atoms with Crippen LogP contribution in [-0.2, 0) is 0 Å². The van der Waals surface area contributed by atoms with Gasteiger partial charge in [0.25, 0.3) is 0 Å². The molecule has 1 aliphatic heterocycles. The average Bonchev–Trinajstić information content (AvgIpc) is 2.47. The van der Waals surface area contributed by atoms with Gasteiger partial charge in [-0.1, -0.05) is 11.6 Å². The number of nitrogens with zero attached hydrogens (tertiary/aromatic N) is 2. The number of aromatic nitrogens is 2. The molecule has 120 valence electrons. The molecular weight excluding hydrogens is 312 g/mol. The molecule has 0 amide bonds. The highest BCUT2D eigenvalue weighted by atomic mass is 35.5. The molecule has 2 heterocycles. The van der Waals surface area contributed by atoms with Crippen LogP contribution >= 0.6 is 23.4 Å². The zero-order valence-electron chi connectivity index (χ0n) is 12.4. The minimum atomic E-state index is -0.885. The second-order valence-corrected chi connectivity index (χ2v) is 6.83. The van der Waals surface area contributed by atoms with Crippen molar-refractivity contribution in [2.45, 2.75) is 36.0 Å². The van der Waals surface area contributed by atoms with Gasteiger partial charge < -0.3 is 0 Å². The Kier molecular flexibility index (Phi) is 6.75. The maximum Gasteiger partial charge on any atom is 0.164 e. The van der Waals surface area contributed by atoms with Gasteiger partial charge in [-0.25, -0.2) is 20.8 Å². The third kappa shape index (κ3) is 5.64. The average molecular weight is 335 g/mol. The highest BCUT2D eigenvalue weighted by molar-refractivity contribution is 7.99. The quantitative estimate of drug-likeness (QED) is 0.144. The molecule has 2 atom stereocenters. The first-order valence-electron chi connectivity index (χ1n) is 6.29. The number of hydrogen-bond acceptors (Lipinski definition) is 9. The monoisotopic (exact) mass is 334 g/mol. The minimum absolute atomic E-state index is 0.387. The molecule has 0 saturated carbocycles. The molecule has 1 saturated heterocycles. The first-order valence-corrected chi connectivity index (χ1v) is 7.89. The van der Waals surface area contributed by atoms with Crippen LogP contribution in [0, 0.1) is 0 Å². The fourth-order valence-corrected chi connectivity index (χ4v) is 3.42. The topological polar surface area (TPSA) is 126 Å². The molecule has 0 aromatic carbocycles. The lowest BCUT2D eigenvalue weighted by atomic mass is 10.1. The Morgan fingerprint density at radius 3 is 2.14 bits per heavy atom. The van der Waals surface area contributed by atoms with Gasteiger partial charge in [-0.15, -0.1) is 11.8 Å². The molecule has 1 fully saturated rings. The van der Waals surface area contributed by atoms with Gasteiger partial charge in [0.2, 0.25) is 0 Å². The van der Waals surface area contributed by atoms with Crippen LogP contribution in [0.1, 0.15) is 20.3 Å². The van der Waals surface area contributed by atoms with Crippen molar-refractivity contribution >= 4 is 23.4 Å². The Bertz CT molecular complexity index is 389. The molecule has 0 aliphatic carbocycles. The fraction of sp³-hybridized carbons (Fsp3) is 0.636. The van der Waals surface area contributed by atoms with E-state index in [-0.39, 0.29) is 5.66 Å². The summed E-state index contributed by atoms with van der Waals surface area (Å²) in [6.45, 7) is 3.92. The van der Waals surface area contributed by atoms with E-state index < -0.39 is 10.1 Å². The number of alkyl halides is 1. The lowest BCUT2D eigenvalue weighted by Crippen LogP contribution is -2.80. The van der Waals surface area contributed by atoms with Crippen molar-refractivity contribution in [1.29, 1.82) is 0 Å². The molecule has 0 radical (unpaired) electrons. The van der Waals surface area contributed by atoms with Crippen LogP contribution in [0.3, 0.4) is 0 Å². The largest absolute Gasteiger partial charge is 0.272 e. The molecule has 2 unspecified atom stereocenters. The number of nitrogens with two attached hydrogens (primary N) is 2. The van der Waals surface area contributed by atoms with Gasteiger partial charge in [-0.2, -0.15) is 0 Å². The van der Waals surface area contributed by atoms with Gasteiger partial charge in [-0.05, 0) is 26.2 Å². The highest BCUT2D eigenvalue weighted by Gasteiger charge is 2.49. The summed E-state index contributed by atoms with van der Waals surface area (Å²) in [5.41, 5.74) is 4.92. The van der Waals surface area contributed by atoms with Crippen LogP contribution in [0.25, 0.3) is 0 Å². The molecule has 10 heteroatoms. The summed E-state index contributed by atoms with van der Waals surface area (Å²) in [6, 6.07) is 1.78. The van der Waals surface area contributed by atoms with Crippen molar-refractivity contribution in [2.75, 3.05) is 6.26 Å². The van der Waals surface area contributed by atoms with Crippen LogP contribution in [0.4, 0.5) is 0 Å². The van der Waals surface area contributed by atoms with Crippen molar-refractivity contribution in [3.05, 3.63) is 24.8 Å². The molecular formula is C11H23ClN8S. The van der Waals surface area contributed by atoms with Gasteiger partial charge in [0.1, 0.15) is 11.3 Å². The molecule has 1 aromatic rings. The number of nitrogens with one attached hydrogen (secondary N) is 4. The summed E-state index contributed by atoms with van der Waals surface area (Å²) in [5, 5.41) is 5.60. The highest BCUT2D eigenvalue weighted by Crippen LogP contribution is 2.34. The zero-order chi connectivity index (χ0) is 16.0. The summed E-state index contributed by atoms with van der Waals surface area (Å²) < 4.78 is 0. The summed E-state index contributed by atoms with van der Waals surface area (Å²) in [7, 11) is 0. The van der Waals surface area contributed by atoms with Gasteiger partial charge in [0.05, 0.1) is 5.66 Å². The normalized spacial score (nSPS) is 31.1. The van der Waals surface area contributed by atoms with Crippen LogP contribution in [0.15, 0.2) is 24.8 Å². The second kappa shape index (κ2) is 7.65. The fourth-order valence-electron chi connectivity index (χ4n) is 2.07. The first kappa shape index (κ1) is 18.5. The molecule has 1 aliphatic rings. The zero-order valence-corrected chi connectivity index (χ0v) is 13.9. The van der Waals surface area contributed by atoms with Crippen molar-refractivity contribution in [1.82, 2.24) is 31.5 Å². The lowest BCUT2D eigenvalue weighted by molar-refractivity contribution is 0.0965. The van der Waals surface area contributed by atoms with Crippen LogP contribution in [0.2, 0.25) is 0 Å². The third-order valence-corrected chi connectivity index (χ3v) is 4.20. The number of hydrogen-bond donors (Lipinski definition) is 6. The van der Waals surface area contributed by atoms with E-state index in [9.17, 15) is 0 Å². The second-order valence-electron chi connectivity index (χ2n) is 5.08. The Labute approximate surface area is 134 Å². The number of halogens is 1. The lowest BCUT2D eigenvalue weighted by Gasteiger charge is -2.52. The van der Waals surface area contributed by atoms with E-state index in [2.05, 4.69) is 31.5 Å². The van der Waals surface area contributed by atoms with Crippen molar-refractivity contribution in [2.24, 2.45) is 11.7 Å². The Hall–Kier alpha value is -0.520.